The smallest absolute Gasteiger partial charge is 0.241 e. The van der Waals surface area contributed by atoms with E-state index >= 15 is 0 Å². The molecule has 0 radical (unpaired) electrons. The predicted molar refractivity (Wildman–Crippen MR) is 125 cm³/mol. The summed E-state index contributed by atoms with van der Waals surface area (Å²) < 4.78 is 36.8. The number of sulfonamides is 1. The van der Waals surface area contributed by atoms with Gasteiger partial charge in [0.15, 0.2) is 0 Å². The molecule has 0 bridgehead atoms. The Morgan fingerprint density at radius 2 is 1.47 bits per heavy atom. The molecule has 3 rings (SSSR count). The van der Waals surface area contributed by atoms with Gasteiger partial charge in [0.2, 0.25) is 15.9 Å². The maximum absolute atomic E-state index is 12.5. The molecule has 0 saturated heterocycles. The van der Waals surface area contributed by atoms with Crippen LogP contribution in [0.4, 0.5) is 5.69 Å². The Morgan fingerprint density at radius 3 is 2.06 bits per heavy atom. The second-order valence-corrected chi connectivity index (χ2v) is 8.94. The fraction of sp³-hybridized carbons (Fsp3) is 0.208. The predicted octanol–water partition coefficient (Wildman–Crippen LogP) is 3.96. The fourth-order valence-electron chi connectivity index (χ4n) is 2.96. The van der Waals surface area contributed by atoms with Crippen molar-refractivity contribution in [3.8, 4) is 17.2 Å². The van der Waals surface area contributed by atoms with Gasteiger partial charge in [-0.2, -0.15) is 0 Å². The van der Waals surface area contributed by atoms with E-state index in [9.17, 15) is 13.2 Å². The van der Waals surface area contributed by atoms with Crippen molar-refractivity contribution in [1.82, 2.24) is 5.32 Å². The van der Waals surface area contributed by atoms with Gasteiger partial charge in [-0.15, -0.1) is 0 Å². The fourth-order valence-corrected chi connectivity index (χ4v) is 3.82. The molecule has 0 aromatic heterocycles. The van der Waals surface area contributed by atoms with Gasteiger partial charge in [0.05, 0.1) is 18.6 Å². The summed E-state index contributed by atoms with van der Waals surface area (Å²) in [5.74, 6) is 1.58. The molecule has 168 valence electrons. The Bertz CT molecular complexity index is 1120. The number of hydrogen-bond donors (Lipinski definition) is 1. The van der Waals surface area contributed by atoms with Crippen LogP contribution in [-0.4, -0.2) is 33.7 Å². The van der Waals surface area contributed by atoms with Crippen molar-refractivity contribution < 1.29 is 22.7 Å². The first-order valence-corrected chi connectivity index (χ1v) is 12.0. The van der Waals surface area contributed by atoms with Gasteiger partial charge in [-0.1, -0.05) is 30.3 Å². The molecular formula is C24H26N2O5S. The SMILES string of the molecule is CCOc1ccc(CNC(=O)CN(c2ccc(Oc3ccccc3)cc2)S(C)(=O)=O)cc1. The van der Waals surface area contributed by atoms with E-state index in [-0.39, 0.29) is 13.1 Å². The topological polar surface area (TPSA) is 84.9 Å². The number of hydrogen-bond acceptors (Lipinski definition) is 5. The molecule has 3 aromatic rings. The van der Waals surface area contributed by atoms with Gasteiger partial charge in [-0.05, 0) is 61.0 Å². The first-order chi connectivity index (χ1) is 15.3. The van der Waals surface area contributed by atoms with Gasteiger partial charge in [0, 0.05) is 6.54 Å². The molecule has 0 fully saturated rings. The molecule has 0 heterocycles. The number of carbonyl (C=O) groups excluding carboxylic acids is 1. The highest BCUT2D eigenvalue weighted by Crippen LogP contribution is 2.25. The molecule has 0 aliphatic rings. The van der Waals surface area contributed by atoms with Crippen LogP contribution in [0.15, 0.2) is 78.9 Å². The summed E-state index contributed by atoms with van der Waals surface area (Å²) in [5, 5.41) is 2.76. The van der Waals surface area contributed by atoms with Crippen LogP contribution < -0.4 is 19.1 Å². The van der Waals surface area contributed by atoms with Crippen LogP contribution in [0.5, 0.6) is 17.2 Å². The lowest BCUT2D eigenvalue weighted by molar-refractivity contribution is -0.119. The number of rotatable bonds is 10. The van der Waals surface area contributed by atoms with Crippen LogP contribution in [0, 0.1) is 0 Å². The van der Waals surface area contributed by atoms with Gasteiger partial charge < -0.3 is 14.8 Å². The summed E-state index contributed by atoms with van der Waals surface area (Å²) in [5.41, 5.74) is 1.26. The van der Waals surface area contributed by atoms with Crippen molar-refractivity contribution in [2.75, 3.05) is 23.7 Å². The Kier molecular flexibility index (Phi) is 7.72. The third kappa shape index (κ3) is 6.75. The highest BCUT2D eigenvalue weighted by atomic mass is 32.2. The molecule has 8 heteroatoms. The minimum absolute atomic E-state index is 0.284. The number of nitrogens with zero attached hydrogens (tertiary/aromatic N) is 1. The van der Waals surface area contributed by atoms with Crippen molar-refractivity contribution in [2.45, 2.75) is 13.5 Å². The lowest BCUT2D eigenvalue weighted by atomic mass is 10.2. The van der Waals surface area contributed by atoms with Gasteiger partial charge in [-0.25, -0.2) is 8.42 Å². The second kappa shape index (κ2) is 10.7. The molecule has 1 N–H and O–H groups in total. The van der Waals surface area contributed by atoms with E-state index in [0.717, 1.165) is 21.9 Å². The molecule has 0 atom stereocenters. The first kappa shape index (κ1) is 23.1. The van der Waals surface area contributed by atoms with Crippen molar-refractivity contribution in [2.24, 2.45) is 0 Å². The Hall–Kier alpha value is -3.52. The molecule has 3 aromatic carbocycles. The second-order valence-electron chi connectivity index (χ2n) is 7.03. The van der Waals surface area contributed by atoms with E-state index in [2.05, 4.69) is 5.32 Å². The van der Waals surface area contributed by atoms with Crippen molar-refractivity contribution in [3.05, 3.63) is 84.4 Å². The Morgan fingerprint density at radius 1 is 0.875 bits per heavy atom. The Balaban J connectivity index is 1.62. The van der Waals surface area contributed by atoms with Gasteiger partial charge in [-0.3, -0.25) is 9.10 Å². The highest BCUT2D eigenvalue weighted by Gasteiger charge is 2.21. The molecule has 1 amide bonds. The number of carbonyl (C=O) groups is 1. The average molecular weight is 455 g/mol. The number of ether oxygens (including phenoxy) is 2. The monoisotopic (exact) mass is 454 g/mol. The molecule has 0 saturated carbocycles. The van der Waals surface area contributed by atoms with Crippen LogP contribution in [-0.2, 0) is 21.4 Å². The molecule has 0 aliphatic carbocycles. The summed E-state index contributed by atoms with van der Waals surface area (Å²) in [7, 11) is -3.66. The zero-order valence-corrected chi connectivity index (χ0v) is 18.8. The molecule has 0 aliphatic heterocycles. The number of benzene rings is 3. The zero-order valence-electron chi connectivity index (χ0n) is 18.0. The maximum atomic E-state index is 12.5. The summed E-state index contributed by atoms with van der Waals surface area (Å²) in [6, 6.07) is 23.2. The maximum Gasteiger partial charge on any atom is 0.241 e. The van der Waals surface area contributed by atoms with Gasteiger partial charge in [0.25, 0.3) is 0 Å². The standard InChI is InChI=1S/C24H26N2O5S/c1-3-30-21-13-9-19(10-14-21)17-25-24(27)18-26(32(2,28)29)20-11-15-23(16-12-20)31-22-7-5-4-6-8-22/h4-16H,3,17-18H2,1-2H3,(H,25,27). The third-order valence-electron chi connectivity index (χ3n) is 4.52. The normalized spacial score (nSPS) is 10.9. The summed E-state index contributed by atoms with van der Waals surface area (Å²) >= 11 is 0. The van der Waals surface area contributed by atoms with E-state index in [0.29, 0.717) is 23.8 Å². The summed E-state index contributed by atoms with van der Waals surface area (Å²) in [6.07, 6.45) is 1.07. The lowest BCUT2D eigenvalue weighted by Gasteiger charge is -2.22. The van der Waals surface area contributed by atoms with E-state index in [1.54, 1.807) is 24.3 Å². The summed E-state index contributed by atoms with van der Waals surface area (Å²) in [4.78, 5) is 12.5. The van der Waals surface area contributed by atoms with Crippen LogP contribution in [0.2, 0.25) is 0 Å². The zero-order chi connectivity index (χ0) is 23.0. The average Bonchev–Trinajstić information content (AvgIpc) is 2.78. The van der Waals surface area contributed by atoms with Crippen molar-refractivity contribution >= 4 is 21.6 Å². The number of nitrogens with one attached hydrogen (secondary N) is 1. The number of para-hydroxylation sites is 1. The third-order valence-corrected chi connectivity index (χ3v) is 5.66. The van der Waals surface area contributed by atoms with Crippen molar-refractivity contribution in [3.63, 3.8) is 0 Å². The van der Waals surface area contributed by atoms with Crippen LogP contribution in [0.25, 0.3) is 0 Å². The van der Waals surface area contributed by atoms with Crippen LogP contribution in [0.1, 0.15) is 12.5 Å². The quantitative estimate of drug-likeness (QED) is 0.501. The van der Waals surface area contributed by atoms with E-state index < -0.39 is 15.9 Å². The Labute approximate surface area is 188 Å². The lowest BCUT2D eigenvalue weighted by Crippen LogP contribution is -2.40. The molecule has 32 heavy (non-hydrogen) atoms. The molecular weight excluding hydrogens is 428 g/mol. The largest absolute Gasteiger partial charge is 0.494 e. The molecule has 0 unspecified atom stereocenters. The molecule has 7 nitrogen and oxygen atoms in total. The van der Waals surface area contributed by atoms with Crippen molar-refractivity contribution in [1.29, 1.82) is 0 Å². The highest BCUT2D eigenvalue weighted by molar-refractivity contribution is 7.92. The minimum Gasteiger partial charge on any atom is -0.494 e. The first-order valence-electron chi connectivity index (χ1n) is 10.1. The number of anilines is 1. The van der Waals surface area contributed by atoms with Crippen LogP contribution in [0.3, 0.4) is 0 Å². The van der Waals surface area contributed by atoms with Crippen LogP contribution >= 0.6 is 0 Å². The molecule has 0 spiro atoms. The van der Waals surface area contributed by atoms with Gasteiger partial charge >= 0.3 is 0 Å². The minimum atomic E-state index is -3.66. The van der Waals surface area contributed by atoms with E-state index in [4.69, 9.17) is 9.47 Å². The summed E-state index contributed by atoms with van der Waals surface area (Å²) in [6.45, 7) is 2.45. The number of amides is 1. The van der Waals surface area contributed by atoms with E-state index in [1.807, 2.05) is 61.5 Å². The van der Waals surface area contributed by atoms with Gasteiger partial charge in [0.1, 0.15) is 23.8 Å². The van der Waals surface area contributed by atoms with E-state index in [1.165, 1.54) is 0 Å².